The SMILES string of the molecule is Cn1ncc(-c2nc(N[C@H]3CC[C@H](N(CC(=O)NCCCCNCC(=O)OC(C)(C)C)C(=O)OCc4ccccc4)CC3)ncc2Cl)c1CC1CC1. The van der Waals surface area contributed by atoms with Crippen LogP contribution in [0.4, 0.5) is 10.7 Å². The summed E-state index contributed by atoms with van der Waals surface area (Å²) in [4.78, 5) is 49.2. The number of benzene rings is 1. The van der Waals surface area contributed by atoms with Crippen LogP contribution >= 0.6 is 11.6 Å². The molecule has 0 radical (unpaired) electrons. The molecule has 2 saturated carbocycles. The van der Waals surface area contributed by atoms with Crippen LogP contribution in [0.5, 0.6) is 0 Å². The number of amides is 2. The second-order valence-corrected chi connectivity index (χ2v) is 15.2. The van der Waals surface area contributed by atoms with Crippen LogP contribution in [0.2, 0.25) is 5.02 Å². The minimum atomic E-state index is -0.516. The summed E-state index contributed by atoms with van der Waals surface area (Å²) in [6, 6.07) is 9.43. The number of nitrogens with one attached hydrogen (secondary N) is 3. The van der Waals surface area contributed by atoms with Crippen LogP contribution in [0, 0.1) is 5.92 Å². The summed E-state index contributed by atoms with van der Waals surface area (Å²) in [5.74, 6) is 0.658. The van der Waals surface area contributed by atoms with Crippen molar-refractivity contribution in [2.75, 3.05) is 31.5 Å². The lowest BCUT2D eigenvalue weighted by molar-refractivity contribution is -0.153. The Balaban J connectivity index is 1.12. The molecule has 0 spiro atoms. The van der Waals surface area contributed by atoms with Gasteiger partial charge in [0.15, 0.2) is 0 Å². The quantitative estimate of drug-likeness (QED) is 0.117. The van der Waals surface area contributed by atoms with Crippen molar-refractivity contribution in [3.05, 3.63) is 59.0 Å². The first-order valence-corrected chi connectivity index (χ1v) is 18.8. The first-order valence-electron chi connectivity index (χ1n) is 18.4. The maximum atomic E-state index is 13.4. The highest BCUT2D eigenvalue weighted by Gasteiger charge is 2.32. The van der Waals surface area contributed by atoms with Crippen LogP contribution in [0.25, 0.3) is 11.3 Å². The van der Waals surface area contributed by atoms with E-state index in [2.05, 4.69) is 26.0 Å². The highest BCUT2D eigenvalue weighted by atomic mass is 35.5. The third-order valence-corrected chi connectivity index (χ3v) is 9.53. The van der Waals surface area contributed by atoms with Gasteiger partial charge in [0.1, 0.15) is 18.8 Å². The van der Waals surface area contributed by atoms with Crippen LogP contribution in [0.15, 0.2) is 42.7 Å². The molecule has 282 valence electrons. The van der Waals surface area contributed by atoms with Gasteiger partial charge in [0.05, 0.1) is 29.7 Å². The van der Waals surface area contributed by atoms with Crippen LogP contribution in [-0.2, 0) is 39.1 Å². The fourth-order valence-corrected chi connectivity index (χ4v) is 6.56. The average Bonchev–Trinajstić information content (AvgIpc) is 3.87. The molecule has 13 nitrogen and oxygen atoms in total. The lowest BCUT2D eigenvalue weighted by Gasteiger charge is -2.36. The number of aryl methyl sites for hydroxylation is 1. The zero-order valence-electron chi connectivity index (χ0n) is 30.8. The van der Waals surface area contributed by atoms with Crippen LogP contribution in [-0.4, -0.2) is 86.5 Å². The molecule has 2 aliphatic rings. The molecule has 3 aromatic rings. The number of anilines is 1. The van der Waals surface area contributed by atoms with Crippen LogP contribution in [0.1, 0.15) is 83.4 Å². The molecule has 52 heavy (non-hydrogen) atoms. The third-order valence-electron chi connectivity index (χ3n) is 9.26. The van der Waals surface area contributed by atoms with Crippen molar-refractivity contribution in [3.63, 3.8) is 0 Å². The Hall–Kier alpha value is -4.23. The van der Waals surface area contributed by atoms with Crippen molar-refractivity contribution in [2.45, 2.75) is 103 Å². The fraction of sp³-hybridized carbons (Fsp3) is 0.579. The molecule has 0 bridgehead atoms. The van der Waals surface area contributed by atoms with Gasteiger partial charge in [-0.05, 0) is 96.6 Å². The minimum absolute atomic E-state index is 0.0880. The zero-order chi connectivity index (χ0) is 37.1. The number of hydrogen-bond acceptors (Lipinski definition) is 10. The number of carbonyl (C=O) groups is 3. The van der Waals surface area contributed by atoms with Gasteiger partial charge in [-0.2, -0.15) is 5.10 Å². The second kappa shape index (κ2) is 18.5. The van der Waals surface area contributed by atoms with Crippen molar-refractivity contribution in [3.8, 4) is 11.3 Å². The summed E-state index contributed by atoms with van der Waals surface area (Å²) in [6.07, 6.45) is 10.8. The van der Waals surface area contributed by atoms with Crippen LogP contribution < -0.4 is 16.0 Å². The number of nitrogens with zero attached hydrogens (tertiary/aromatic N) is 5. The molecule has 0 saturated heterocycles. The molecule has 0 aliphatic heterocycles. The van der Waals surface area contributed by atoms with Crippen molar-refractivity contribution in [1.82, 2.24) is 35.3 Å². The van der Waals surface area contributed by atoms with E-state index in [1.54, 1.807) is 11.1 Å². The Bertz CT molecular complexity index is 1630. The van der Waals surface area contributed by atoms with Gasteiger partial charge in [0.2, 0.25) is 11.9 Å². The molecular formula is C38H53ClN8O5. The van der Waals surface area contributed by atoms with Gasteiger partial charge in [-0.15, -0.1) is 0 Å². The Morgan fingerprint density at radius 1 is 1.00 bits per heavy atom. The smallest absolute Gasteiger partial charge is 0.410 e. The summed E-state index contributed by atoms with van der Waals surface area (Å²) >= 11 is 6.59. The number of halogens is 1. The van der Waals surface area contributed by atoms with Crippen LogP contribution in [0.3, 0.4) is 0 Å². The van der Waals surface area contributed by atoms with E-state index < -0.39 is 11.7 Å². The number of aromatic nitrogens is 4. The van der Waals surface area contributed by atoms with E-state index in [4.69, 9.17) is 26.1 Å². The Kier molecular flexibility index (Phi) is 13.9. The van der Waals surface area contributed by atoms with E-state index in [0.29, 0.717) is 48.5 Å². The zero-order valence-corrected chi connectivity index (χ0v) is 31.6. The van der Waals surface area contributed by atoms with E-state index >= 15 is 0 Å². The number of rotatable bonds is 17. The molecule has 2 amide bonds. The molecule has 14 heteroatoms. The van der Waals surface area contributed by atoms with E-state index in [9.17, 15) is 14.4 Å². The molecule has 2 fully saturated rings. The van der Waals surface area contributed by atoms with Gasteiger partial charge >= 0.3 is 12.1 Å². The summed E-state index contributed by atoms with van der Waals surface area (Å²) < 4.78 is 12.9. The predicted molar refractivity (Wildman–Crippen MR) is 200 cm³/mol. The molecule has 0 atom stereocenters. The van der Waals surface area contributed by atoms with E-state index in [1.165, 1.54) is 12.8 Å². The summed E-state index contributed by atoms with van der Waals surface area (Å²) in [7, 11) is 1.95. The third kappa shape index (κ3) is 12.2. The average molecular weight is 737 g/mol. The first kappa shape index (κ1) is 39.0. The highest BCUT2D eigenvalue weighted by molar-refractivity contribution is 6.33. The highest BCUT2D eigenvalue weighted by Crippen LogP contribution is 2.37. The summed E-state index contributed by atoms with van der Waals surface area (Å²) in [5.41, 5.74) is 3.10. The molecule has 2 heterocycles. The van der Waals surface area contributed by atoms with Gasteiger partial charge in [-0.25, -0.2) is 14.8 Å². The molecule has 2 aliphatic carbocycles. The van der Waals surface area contributed by atoms with Crippen molar-refractivity contribution in [2.24, 2.45) is 13.0 Å². The molecule has 3 N–H and O–H groups in total. The molecular weight excluding hydrogens is 684 g/mol. The Morgan fingerprint density at radius 2 is 1.73 bits per heavy atom. The Labute approximate surface area is 311 Å². The maximum absolute atomic E-state index is 13.4. The van der Waals surface area contributed by atoms with Crippen molar-refractivity contribution < 1.29 is 23.9 Å². The lowest BCUT2D eigenvalue weighted by Crippen LogP contribution is -2.48. The number of unbranched alkanes of at least 4 members (excludes halogenated alkanes) is 1. The second-order valence-electron chi connectivity index (χ2n) is 14.8. The number of hydrogen-bond donors (Lipinski definition) is 3. The normalized spacial score (nSPS) is 17.3. The molecule has 1 aromatic carbocycles. The predicted octanol–water partition coefficient (Wildman–Crippen LogP) is 5.67. The van der Waals surface area contributed by atoms with E-state index in [1.807, 2.05) is 69.0 Å². The first-order chi connectivity index (χ1) is 24.9. The molecule has 0 unspecified atom stereocenters. The summed E-state index contributed by atoms with van der Waals surface area (Å²) in [6.45, 7) is 6.76. The van der Waals surface area contributed by atoms with Gasteiger partial charge in [0.25, 0.3) is 0 Å². The van der Waals surface area contributed by atoms with Gasteiger partial charge in [0, 0.05) is 36.9 Å². The number of esters is 1. The number of carbonyl (C=O) groups excluding carboxylic acids is 3. The fourth-order valence-electron chi connectivity index (χ4n) is 6.36. The standard InChI is InChI=1S/C38H53ClN8O5/c1-38(2,3)52-34(49)23-40-18-8-9-19-41-33(48)24-47(37(50)51-25-27-10-6-5-7-11-27)29-16-14-28(15-17-29)44-36-42-22-31(39)35(45-36)30-21-43-46(4)32(30)20-26-12-13-26/h5-7,10-11,21-22,26,28-29,40H,8-9,12-20,23-25H2,1-4H3,(H,41,48)(H,42,44,45)/t28-,29-. The Morgan fingerprint density at radius 3 is 2.44 bits per heavy atom. The largest absolute Gasteiger partial charge is 0.459 e. The number of ether oxygens (including phenoxy) is 2. The van der Waals surface area contributed by atoms with Crippen molar-refractivity contribution >= 4 is 35.5 Å². The lowest BCUT2D eigenvalue weighted by atomic mass is 9.90. The van der Waals surface area contributed by atoms with Gasteiger partial charge < -0.3 is 25.4 Å². The van der Waals surface area contributed by atoms with E-state index in [-0.39, 0.29) is 43.7 Å². The van der Waals surface area contributed by atoms with Gasteiger partial charge in [-0.1, -0.05) is 41.9 Å². The molecule has 5 rings (SSSR count). The van der Waals surface area contributed by atoms with E-state index in [0.717, 1.165) is 48.9 Å². The molecule has 2 aromatic heterocycles. The minimum Gasteiger partial charge on any atom is -0.459 e. The topological polar surface area (TPSA) is 153 Å². The van der Waals surface area contributed by atoms with Crippen molar-refractivity contribution in [1.29, 1.82) is 0 Å². The van der Waals surface area contributed by atoms with Gasteiger partial charge in [-0.3, -0.25) is 19.2 Å². The maximum Gasteiger partial charge on any atom is 0.410 e. The monoisotopic (exact) mass is 736 g/mol. The summed E-state index contributed by atoms with van der Waals surface area (Å²) in [5, 5.41) is 14.5.